The molecule has 0 saturated heterocycles. The molecule has 2 heterocycles. The van der Waals surface area contributed by atoms with E-state index in [2.05, 4.69) is 21.6 Å². The van der Waals surface area contributed by atoms with Gasteiger partial charge in [-0.2, -0.15) is 0 Å². The molecule has 0 saturated carbocycles. The fourth-order valence-electron chi connectivity index (χ4n) is 3.10. The highest BCUT2D eigenvalue weighted by atomic mass is 32.2. The predicted molar refractivity (Wildman–Crippen MR) is 117 cm³/mol. The minimum Gasteiger partial charge on any atom is -0.356 e. The van der Waals surface area contributed by atoms with Crippen LogP contribution in [0, 0.1) is 0 Å². The molecular formula is C21H20N4O2S2. The highest BCUT2D eigenvalue weighted by molar-refractivity contribution is 8.00. The molecule has 4 rings (SSSR count). The molecule has 0 fully saturated rings. The number of benzene rings is 2. The van der Waals surface area contributed by atoms with E-state index < -0.39 is 0 Å². The Morgan fingerprint density at radius 1 is 1.14 bits per heavy atom. The average Bonchev–Trinajstić information content (AvgIpc) is 3.27. The number of ketones is 1. The van der Waals surface area contributed by atoms with Crippen LogP contribution < -0.4 is 5.32 Å². The standard InChI is InChI=1S/C21H20N4O2S2/c1-13(19(27)16-9-7-15(8-10-16)11-12-22-14(2)26)28-20-23-24-21-25(20)17-5-3-4-6-18(17)29-21/h3-10,13H,11-12H2,1-2H3,(H,22,26). The normalized spacial score (nSPS) is 12.3. The van der Waals surface area contributed by atoms with Crippen molar-refractivity contribution in [1.82, 2.24) is 19.9 Å². The number of amides is 1. The molecule has 2 aromatic heterocycles. The Bertz CT molecular complexity index is 1180. The van der Waals surface area contributed by atoms with Gasteiger partial charge in [-0.15, -0.1) is 10.2 Å². The van der Waals surface area contributed by atoms with Gasteiger partial charge in [0.15, 0.2) is 10.9 Å². The molecule has 0 spiro atoms. The number of thiazole rings is 1. The van der Waals surface area contributed by atoms with E-state index in [-0.39, 0.29) is 16.9 Å². The molecule has 0 bridgehead atoms. The molecule has 8 heteroatoms. The Labute approximate surface area is 176 Å². The highest BCUT2D eigenvalue weighted by Gasteiger charge is 2.21. The van der Waals surface area contributed by atoms with Crippen molar-refractivity contribution in [3.8, 4) is 0 Å². The number of Topliss-reactive ketones (excluding diaryl/α,β-unsaturated/α-hetero) is 1. The van der Waals surface area contributed by atoms with Crippen LogP contribution >= 0.6 is 23.1 Å². The number of nitrogens with one attached hydrogen (secondary N) is 1. The first-order valence-corrected chi connectivity index (χ1v) is 11.0. The van der Waals surface area contributed by atoms with Crippen LogP contribution in [0.15, 0.2) is 53.7 Å². The van der Waals surface area contributed by atoms with Crippen LogP contribution in [-0.4, -0.2) is 38.1 Å². The first kappa shape index (κ1) is 19.6. The molecule has 0 aliphatic carbocycles. The van der Waals surface area contributed by atoms with Gasteiger partial charge in [0.05, 0.1) is 15.5 Å². The van der Waals surface area contributed by atoms with Crippen molar-refractivity contribution in [3.05, 3.63) is 59.7 Å². The minimum atomic E-state index is -0.286. The number of para-hydroxylation sites is 1. The maximum atomic E-state index is 12.9. The van der Waals surface area contributed by atoms with E-state index in [1.54, 1.807) is 11.3 Å². The molecule has 29 heavy (non-hydrogen) atoms. The number of carbonyl (C=O) groups is 2. The summed E-state index contributed by atoms with van der Waals surface area (Å²) in [7, 11) is 0. The van der Waals surface area contributed by atoms with Gasteiger partial charge in [-0.05, 0) is 31.0 Å². The van der Waals surface area contributed by atoms with Crippen LogP contribution in [0.5, 0.6) is 0 Å². The maximum absolute atomic E-state index is 12.9. The summed E-state index contributed by atoms with van der Waals surface area (Å²) in [6.45, 7) is 3.99. The molecule has 1 N–H and O–H groups in total. The Balaban J connectivity index is 1.47. The smallest absolute Gasteiger partial charge is 0.217 e. The summed E-state index contributed by atoms with van der Waals surface area (Å²) in [5.41, 5.74) is 2.81. The van der Waals surface area contributed by atoms with Gasteiger partial charge in [-0.25, -0.2) is 0 Å². The average molecular weight is 425 g/mol. The Hall–Kier alpha value is -2.71. The number of nitrogens with zero attached hydrogens (tertiary/aromatic N) is 3. The van der Waals surface area contributed by atoms with E-state index in [1.807, 2.05) is 53.8 Å². The minimum absolute atomic E-state index is 0.0383. The van der Waals surface area contributed by atoms with Crippen LogP contribution in [0.2, 0.25) is 0 Å². The summed E-state index contributed by atoms with van der Waals surface area (Å²) in [5, 5.41) is 11.8. The topological polar surface area (TPSA) is 76.4 Å². The zero-order valence-electron chi connectivity index (χ0n) is 16.1. The van der Waals surface area contributed by atoms with E-state index in [0.29, 0.717) is 12.1 Å². The third-order valence-corrected chi connectivity index (χ3v) is 6.64. The quantitative estimate of drug-likeness (QED) is 0.359. The molecular weight excluding hydrogens is 404 g/mol. The molecule has 6 nitrogen and oxygen atoms in total. The number of aromatic nitrogens is 3. The molecule has 0 radical (unpaired) electrons. The van der Waals surface area contributed by atoms with Crippen LogP contribution in [0.3, 0.4) is 0 Å². The molecule has 0 aliphatic rings. The monoisotopic (exact) mass is 424 g/mol. The van der Waals surface area contributed by atoms with Gasteiger partial charge in [0.25, 0.3) is 0 Å². The Morgan fingerprint density at radius 3 is 2.66 bits per heavy atom. The third kappa shape index (κ3) is 4.18. The highest BCUT2D eigenvalue weighted by Crippen LogP contribution is 2.31. The number of fused-ring (bicyclic) bond motifs is 3. The molecule has 0 aliphatic heterocycles. The van der Waals surface area contributed by atoms with E-state index in [9.17, 15) is 9.59 Å². The molecule has 1 unspecified atom stereocenters. The zero-order chi connectivity index (χ0) is 20.4. The largest absolute Gasteiger partial charge is 0.356 e. The molecule has 1 amide bonds. The summed E-state index contributed by atoms with van der Waals surface area (Å²) in [4.78, 5) is 24.7. The number of carbonyl (C=O) groups excluding carboxylic acids is 2. The number of rotatable bonds is 7. The van der Waals surface area contributed by atoms with E-state index >= 15 is 0 Å². The van der Waals surface area contributed by atoms with Crippen molar-refractivity contribution in [2.75, 3.05) is 6.54 Å². The lowest BCUT2D eigenvalue weighted by Gasteiger charge is -2.10. The summed E-state index contributed by atoms with van der Waals surface area (Å²) < 4.78 is 3.16. The van der Waals surface area contributed by atoms with Gasteiger partial charge in [0, 0.05) is 19.0 Å². The number of thioether (sulfide) groups is 1. The second kappa shape index (κ2) is 8.34. The Kier molecular flexibility index (Phi) is 5.64. The lowest BCUT2D eigenvalue weighted by atomic mass is 10.0. The Morgan fingerprint density at radius 2 is 1.90 bits per heavy atom. The van der Waals surface area contributed by atoms with Crippen LogP contribution in [0.25, 0.3) is 15.2 Å². The van der Waals surface area contributed by atoms with Gasteiger partial charge >= 0.3 is 0 Å². The maximum Gasteiger partial charge on any atom is 0.217 e. The van der Waals surface area contributed by atoms with Crippen molar-refractivity contribution in [1.29, 1.82) is 0 Å². The van der Waals surface area contributed by atoms with Gasteiger partial charge in [-0.1, -0.05) is 59.5 Å². The van der Waals surface area contributed by atoms with Crippen LogP contribution in [0.4, 0.5) is 0 Å². The van der Waals surface area contributed by atoms with Crippen molar-refractivity contribution in [3.63, 3.8) is 0 Å². The van der Waals surface area contributed by atoms with Crippen LogP contribution in [0.1, 0.15) is 29.8 Å². The van der Waals surface area contributed by atoms with Crippen molar-refractivity contribution in [2.24, 2.45) is 0 Å². The summed E-state index contributed by atoms with van der Waals surface area (Å²) in [6.07, 6.45) is 0.737. The predicted octanol–water partition coefficient (Wildman–Crippen LogP) is 3.99. The fourth-order valence-corrected chi connectivity index (χ4v) is 5.06. The molecule has 1 atom stereocenters. The first-order chi connectivity index (χ1) is 14.0. The molecule has 2 aromatic carbocycles. The van der Waals surface area contributed by atoms with Gasteiger partial charge in [-0.3, -0.25) is 14.0 Å². The lowest BCUT2D eigenvalue weighted by Crippen LogP contribution is -2.22. The number of hydrogen-bond acceptors (Lipinski definition) is 6. The second-order valence-electron chi connectivity index (χ2n) is 6.72. The van der Waals surface area contributed by atoms with E-state index in [4.69, 9.17) is 0 Å². The molecule has 4 aromatic rings. The van der Waals surface area contributed by atoms with Crippen molar-refractivity contribution in [2.45, 2.75) is 30.7 Å². The van der Waals surface area contributed by atoms with Gasteiger partial charge in [0.2, 0.25) is 10.9 Å². The van der Waals surface area contributed by atoms with Gasteiger partial charge < -0.3 is 5.32 Å². The summed E-state index contributed by atoms with van der Waals surface area (Å²) in [6, 6.07) is 15.7. The zero-order valence-corrected chi connectivity index (χ0v) is 17.7. The number of hydrogen-bond donors (Lipinski definition) is 1. The third-order valence-electron chi connectivity index (χ3n) is 4.59. The van der Waals surface area contributed by atoms with E-state index in [0.717, 1.165) is 32.3 Å². The van der Waals surface area contributed by atoms with E-state index in [1.165, 1.54) is 18.7 Å². The summed E-state index contributed by atoms with van der Waals surface area (Å²) >= 11 is 3.01. The lowest BCUT2D eigenvalue weighted by molar-refractivity contribution is -0.118. The molecule has 148 valence electrons. The van der Waals surface area contributed by atoms with Gasteiger partial charge in [0.1, 0.15) is 0 Å². The van der Waals surface area contributed by atoms with Crippen LogP contribution in [-0.2, 0) is 11.2 Å². The first-order valence-electron chi connectivity index (χ1n) is 9.30. The summed E-state index contributed by atoms with van der Waals surface area (Å²) in [5.74, 6) is 0.0170. The van der Waals surface area contributed by atoms with Crippen molar-refractivity contribution >= 4 is 50.0 Å². The SMILES string of the molecule is CC(=O)NCCc1ccc(C(=O)C(C)Sc2nnc3sc4ccccc4n23)cc1. The second-order valence-corrected chi connectivity index (χ2v) is 9.04. The fraction of sp³-hybridized carbons (Fsp3) is 0.238. The van der Waals surface area contributed by atoms with Crippen molar-refractivity contribution < 1.29 is 9.59 Å².